The summed E-state index contributed by atoms with van der Waals surface area (Å²) in [7, 11) is 0. The Morgan fingerprint density at radius 1 is 1.26 bits per heavy atom. The number of likely N-dealkylation sites (tertiary alicyclic amines) is 1. The number of hydrogen-bond acceptors (Lipinski definition) is 3. The molecule has 1 N–H and O–H groups in total. The number of aryl methyl sites for hydroxylation is 2. The first-order valence-corrected chi connectivity index (χ1v) is 8.99. The molecule has 23 heavy (non-hydrogen) atoms. The fraction of sp³-hybridized carbons (Fsp3) is 0.421. The molecule has 0 aliphatic carbocycles. The van der Waals surface area contributed by atoms with Crippen molar-refractivity contribution < 1.29 is 9.90 Å². The van der Waals surface area contributed by atoms with Crippen LogP contribution in [0.1, 0.15) is 46.2 Å². The molecule has 2 atom stereocenters. The van der Waals surface area contributed by atoms with Crippen molar-refractivity contribution in [3.63, 3.8) is 0 Å². The lowest BCUT2D eigenvalue weighted by Gasteiger charge is -2.39. The predicted octanol–water partition coefficient (Wildman–Crippen LogP) is 4.39. The molecule has 4 heteroatoms. The topological polar surface area (TPSA) is 40.5 Å². The number of carboxylic acid groups (broad SMARTS) is 1. The minimum absolute atomic E-state index is 0.0370. The molecule has 1 aromatic heterocycles. The number of hydrogen-bond donors (Lipinski definition) is 1. The number of benzene rings is 1. The zero-order valence-corrected chi connectivity index (χ0v) is 14.5. The summed E-state index contributed by atoms with van der Waals surface area (Å²) in [5.74, 6) is -0.698. The first-order chi connectivity index (χ1) is 11.1. The van der Waals surface area contributed by atoms with Crippen molar-refractivity contribution in [1.29, 1.82) is 0 Å². The van der Waals surface area contributed by atoms with Gasteiger partial charge in [0.05, 0.1) is 6.04 Å². The number of rotatable bonds is 4. The summed E-state index contributed by atoms with van der Waals surface area (Å²) >= 11 is 1.77. The molecule has 0 radical (unpaired) electrons. The van der Waals surface area contributed by atoms with Gasteiger partial charge in [-0.25, -0.2) is 0 Å². The van der Waals surface area contributed by atoms with Crippen molar-refractivity contribution in [2.24, 2.45) is 0 Å². The Hall–Kier alpha value is -1.65. The van der Waals surface area contributed by atoms with E-state index in [0.29, 0.717) is 0 Å². The lowest BCUT2D eigenvalue weighted by molar-refractivity contribution is -0.145. The SMILES string of the molecule is Cc1cccc(C(c2ccc(C)s2)N2CCCCC2C(=O)O)c1. The molecule has 0 amide bonds. The van der Waals surface area contributed by atoms with E-state index < -0.39 is 12.0 Å². The molecule has 122 valence electrons. The standard InChI is InChI=1S/C19H23NO2S/c1-13-6-5-7-15(12-13)18(17-10-9-14(2)23-17)20-11-4-3-8-16(20)19(21)22/h5-7,9-10,12,16,18H,3-4,8,11H2,1-2H3,(H,21,22). The van der Waals surface area contributed by atoms with E-state index in [0.717, 1.165) is 25.8 Å². The molecule has 2 unspecified atom stereocenters. The Morgan fingerprint density at radius 3 is 2.74 bits per heavy atom. The monoisotopic (exact) mass is 329 g/mol. The zero-order valence-electron chi connectivity index (χ0n) is 13.7. The number of carboxylic acids is 1. The van der Waals surface area contributed by atoms with Gasteiger partial charge in [0.15, 0.2) is 0 Å². The van der Waals surface area contributed by atoms with Gasteiger partial charge in [-0.05, 0) is 50.9 Å². The summed E-state index contributed by atoms with van der Waals surface area (Å²) in [5, 5.41) is 9.67. The van der Waals surface area contributed by atoms with Gasteiger partial charge < -0.3 is 5.11 Å². The number of thiophene rings is 1. The second-order valence-electron chi connectivity index (χ2n) is 6.35. The number of carbonyl (C=O) groups is 1. The summed E-state index contributed by atoms with van der Waals surface area (Å²) in [4.78, 5) is 16.5. The number of aliphatic carboxylic acids is 1. The van der Waals surface area contributed by atoms with E-state index >= 15 is 0 Å². The van der Waals surface area contributed by atoms with Crippen molar-refractivity contribution >= 4 is 17.3 Å². The van der Waals surface area contributed by atoms with Crippen molar-refractivity contribution in [2.75, 3.05) is 6.54 Å². The molecule has 1 aliphatic rings. The maximum atomic E-state index is 11.8. The van der Waals surface area contributed by atoms with Crippen LogP contribution in [0.2, 0.25) is 0 Å². The molecule has 3 nitrogen and oxygen atoms in total. The first-order valence-electron chi connectivity index (χ1n) is 8.17. The van der Waals surface area contributed by atoms with E-state index in [1.807, 2.05) is 0 Å². The van der Waals surface area contributed by atoms with Gasteiger partial charge in [-0.1, -0.05) is 36.2 Å². The highest BCUT2D eigenvalue weighted by molar-refractivity contribution is 7.12. The predicted molar refractivity (Wildman–Crippen MR) is 94.1 cm³/mol. The molecule has 2 heterocycles. The third-order valence-corrected chi connectivity index (χ3v) is 5.60. The van der Waals surface area contributed by atoms with E-state index in [1.165, 1.54) is 20.9 Å². The lowest BCUT2D eigenvalue weighted by atomic mass is 9.94. The van der Waals surface area contributed by atoms with E-state index in [9.17, 15) is 9.90 Å². The zero-order chi connectivity index (χ0) is 16.4. The molecule has 3 rings (SSSR count). The molecular weight excluding hydrogens is 306 g/mol. The second-order valence-corrected chi connectivity index (χ2v) is 7.67. The molecule has 2 aromatic rings. The van der Waals surface area contributed by atoms with Crippen LogP contribution >= 0.6 is 11.3 Å². The Morgan fingerprint density at radius 2 is 2.09 bits per heavy atom. The van der Waals surface area contributed by atoms with E-state index in [-0.39, 0.29) is 6.04 Å². The van der Waals surface area contributed by atoms with Gasteiger partial charge >= 0.3 is 5.97 Å². The third kappa shape index (κ3) is 3.48. The van der Waals surface area contributed by atoms with Crippen LogP contribution in [0.15, 0.2) is 36.4 Å². The molecule has 1 aromatic carbocycles. The van der Waals surface area contributed by atoms with Crippen LogP contribution in [0, 0.1) is 13.8 Å². The fourth-order valence-electron chi connectivity index (χ4n) is 3.49. The highest BCUT2D eigenvalue weighted by Crippen LogP contribution is 2.37. The highest BCUT2D eigenvalue weighted by Gasteiger charge is 2.35. The normalized spacial score (nSPS) is 20.3. The van der Waals surface area contributed by atoms with Crippen LogP contribution in [0.4, 0.5) is 0 Å². The summed E-state index contributed by atoms with van der Waals surface area (Å²) < 4.78 is 0. The first kappa shape index (κ1) is 16.2. The average Bonchev–Trinajstić information content (AvgIpc) is 2.94. The van der Waals surface area contributed by atoms with E-state index in [4.69, 9.17) is 0 Å². The van der Waals surface area contributed by atoms with Crippen molar-refractivity contribution in [2.45, 2.75) is 45.2 Å². The van der Waals surface area contributed by atoms with Crippen molar-refractivity contribution in [1.82, 2.24) is 4.90 Å². The van der Waals surface area contributed by atoms with Gasteiger partial charge in [-0.3, -0.25) is 9.69 Å². The molecule has 0 saturated carbocycles. The molecule has 1 aliphatic heterocycles. The quantitative estimate of drug-likeness (QED) is 0.904. The Kier molecular flexibility index (Phi) is 4.83. The van der Waals surface area contributed by atoms with Gasteiger partial charge in [-0.2, -0.15) is 0 Å². The number of nitrogens with zero attached hydrogens (tertiary/aromatic N) is 1. The lowest BCUT2D eigenvalue weighted by Crippen LogP contribution is -2.46. The molecule has 1 fully saturated rings. The van der Waals surface area contributed by atoms with Gasteiger partial charge in [0.2, 0.25) is 0 Å². The molecular formula is C19H23NO2S. The smallest absolute Gasteiger partial charge is 0.320 e. The third-order valence-electron chi connectivity index (χ3n) is 4.55. The van der Waals surface area contributed by atoms with Crippen molar-refractivity contribution in [3.8, 4) is 0 Å². The van der Waals surface area contributed by atoms with Crippen LogP contribution < -0.4 is 0 Å². The molecule has 0 bridgehead atoms. The Balaban J connectivity index is 2.05. The fourth-order valence-corrected chi connectivity index (χ4v) is 4.51. The van der Waals surface area contributed by atoms with Crippen LogP contribution in [-0.4, -0.2) is 28.6 Å². The van der Waals surface area contributed by atoms with Crippen LogP contribution in [0.3, 0.4) is 0 Å². The van der Waals surface area contributed by atoms with Gasteiger partial charge in [-0.15, -0.1) is 11.3 Å². The summed E-state index contributed by atoms with van der Waals surface area (Å²) in [5.41, 5.74) is 2.41. The minimum Gasteiger partial charge on any atom is -0.480 e. The maximum absolute atomic E-state index is 11.8. The van der Waals surface area contributed by atoms with E-state index in [2.05, 4.69) is 55.1 Å². The van der Waals surface area contributed by atoms with Crippen LogP contribution in [0.5, 0.6) is 0 Å². The summed E-state index contributed by atoms with van der Waals surface area (Å²) in [6.45, 7) is 5.03. The minimum atomic E-state index is -0.698. The van der Waals surface area contributed by atoms with Gasteiger partial charge in [0.1, 0.15) is 6.04 Å². The number of piperidine rings is 1. The Bertz CT molecular complexity index is 694. The van der Waals surface area contributed by atoms with Crippen LogP contribution in [0.25, 0.3) is 0 Å². The van der Waals surface area contributed by atoms with Gasteiger partial charge in [0.25, 0.3) is 0 Å². The summed E-state index contributed by atoms with van der Waals surface area (Å²) in [6, 6.07) is 12.4. The van der Waals surface area contributed by atoms with Crippen molar-refractivity contribution in [3.05, 3.63) is 57.3 Å². The van der Waals surface area contributed by atoms with E-state index in [1.54, 1.807) is 11.3 Å². The summed E-state index contributed by atoms with van der Waals surface area (Å²) in [6.07, 6.45) is 2.80. The Labute approximate surface area is 141 Å². The second kappa shape index (κ2) is 6.85. The maximum Gasteiger partial charge on any atom is 0.320 e. The molecule has 0 spiro atoms. The molecule has 1 saturated heterocycles. The van der Waals surface area contributed by atoms with Gasteiger partial charge in [0, 0.05) is 9.75 Å². The highest BCUT2D eigenvalue weighted by atomic mass is 32.1. The average molecular weight is 329 g/mol. The largest absolute Gasteiger partial charge is 0.480 e. The van der Waals surface area contributed by atoms with Crippen LogP contribution in [-0.2, 0) is 4.79 Å².